The van der Waals surface area contributed by atoms with Gasteiger partial charge >= 0.3 is 0 Å². The van der Waals surface area contributed by atoms with Crippen molar-refractivity contribution in [2.24, 2.45) is 0 Å². The number of ether oxygens (including phenoxy) is 1. The number of nitrogens with zero attached hydrogens (tertiary/aromatic N) is 3. The van der Waals surface area contributed by atoms with E-state index in [1.807, 2.05) is 6.20 Å². The minimum absolute atomic E-state index is 0.313. The molecule has 0 saturated carbocycles. The quantitative estimate of drug-likeness (QED) is 0.810. The summed E-state index contributed by atoms with van der Waals surface area (Å²) in [6, 6.07) is 0. The van der Waals surface area contributed by atoms with Gasteiger partial charge < -0.3 is 15.0 Å². The molecule has 0 spiro atoms. The monoisotopic (exact) mass is 356 g/mol. The van der Waals surface area contributed by atoms with Crippen molar-refractivity contribution in [3.8, 4) is 0 Å². The summed E-state index contributed by atoms with van der Waals surface area (Å²) in [6.07, 6.45) is 6.55. The second kappa shape index (κ2) is 8.54. The molecule has 21 heavy (non-hydrogen) atoms. The molecule has 0 bridgehead atoms. The molecule has 0 amide bonds. The van der Waals surface area contributed by atoms with Crippen LogP contribution in [0.3, 0.4) is 0 Å². The molecule has 0 radical (unpaired) electrons. The minimum atomic E-state index is 0.313. The van der Waals surface area contributed by atoms with Gasteiger partial charge in [0.15, 0.2) is 0 Å². The highest BCUT2D eigenvalue weighted by Gasteiger charge is 2.23. The SMILES string of the molecule is CCCNc1ncc(Br)c(N2CCCC(OCCC)C2)n1. The molecule has 0 aromatic carbocycles. The lowest BCUT2D eigenvalue weighted by atomic mass is 10.1. The van der Waals surface area contributed by atoms with Gasteiger partial charge in [0.1, 0.15) is 5.82 Å². The Morgan fingerprint density at radius 1 is 1.43 bits per heavy atom. The Hall–Kier alpha value is -0.880. The molecule has 1 unspecified atom stereocenters. The highest BCUT2D eigenvalue weighted by Crippen LogP contribution is 2.27. The fourth-order valence-electron chi connectivity index (χ4n) is 2.45. The molecule has 1 aromatic heterocycles. The summed E-state index contributed by atoms with van der Waals surface area (Å²) in [7, 11) is 0. The van der Waals surface area contributed by atoms with Crippen LogP contribution >= 0.6 is 15.9 Å². The number of rotatable bonds is 7. The summed E-state index contributed by atoms with van der Waals surface area (Å²) in [5, 5.41) is 3.25. The van der Waals surface area contributed by atoms with E-state index in [9.17, 15) is 0 Å². The molecule has 0 aliphatic carbocycles. The fraction of sp³-hybridized carbons (Fsp3) is 0.733. The van der Waals surface area contributed by atoms with Crippen LogP contribution in [0.1, 0.15) is 39.5 Å². The molecule has 1 fully saturated rings. The minimum Gasteiger partial charge on any atom is -0.376 e. The number of aromatic nitrogens is 2. The van der Waals surface area contributed by atoms with E-state index in [1.54, 1.807) is 0 Å². The molecule has 1 aliphatic rings. The van der Waals surface area contributed by atoms with Crippen molar-refractivity contribution >= 4 is 27.7 Å². The van der Waals surface area contributed by atoms with Crippen molar-refractivity contribution < 1.29 is 4.74 Å². The Morgan fingerprint density at radius 3 is 3.05 bits per heavy atom. The molecule has 1 saturated heterocycles. The van der Waals surface area contributed by atoms with Gasteiger partial charge in [-0.3, -0.25) is 0 Å². The van der Waals surface area contributed by atoms with E-state index in [0.717, 1.165) is 62.2 Å². The largest absolute Gasteiger partial charge is 0.376 e. The van der Waals surface area contributed by atoms with Crippen LogP contribution in [0.2, 0.25) is 0 Å². The van der Waals surface area contributed by atoms with Crippen LogP contribution in [0.4, 0.5) is 11.8 Å². The van der Waals surface area contributed by atoms with E-state index in [0.29, 0.717) is 12.1 Å². The average molecular weight is 357 g/mol. The molecule has 1 aromatic rings. The van der Waals surface area contributed by atoms with Crippen molar-refractivity contribution in [3.05, 3.63) is 10.7 Å². The predicted molar refractivity (Wildman–Crippen MR) is 90.0 cm³/mol. The summed E-state index contributed by atoms with van der Waals surface area (Å²) < 4.78 is 6.85. The van der Waals surface area contributed by atoms with Crippen LogP contribution in [-0.4, -0.2) is 42.3 Å². The molecule has 1 N–H and O–H groups in total. The molecular formula is C15H25BrN4O. The van der Waals surface area contributed by atoms with Crippen molar-refractivity contribution in [2.75, 3.05) is 36.5 Å². The van der Waals surface area contributed by atoms with E-state index in [1.165, 1.54) is 0 Å². The number of hydrogen-bond donors (Lipinski definition) is 1. The first kappa shape index (κ1) is 16.5. The molecule has 5 nitrogen and oxygen atoms in total. The smallest absolute Gasteiger partial charge is 0.224 e. The molecule has 2 rings (SSSR count). The molecule has 118 valence electrons. The Labute approximate surface area is 135 Å². The Bertz CT molecular complexity index is 444. The van der Waals surface area contributed by atoms with Gasteiger partial charge in [-0.25, -0.2) is 4.98 Å². The van der Waals surface area contributed by atoms with Gasteiger partial charge in [-0.15, -0.1) is 0 Å². The summed E-state index contributed by atoms with van der Waals surface area (Å²) >= 11 is 3.57. The van der Waals surface area contributed by atoms with Crippen LogP contribution in [0.15, 0.2) is 10.7 Å². The summed E-state index contributed by atoms with van der Waals surface area (Å²) in [5.74, 6) is 1.67. The highest BCUT2D eigenvalue weighted by molar-refractivity contribution is 9.10. The van der Waals surface area contributed by atoms with Gasteiger partial charge in [0, 0.05) is 32.4 Å². The van der Waals surface area contributed by atoms with Gasteiger partial charge in [-0.2, -0.15) is 4.98 Å². The Kier molecular flexibility index (Phi) is 6.70. The Morgan fingerprint density at radius 2 is 2.29 bits per heavy atom. The zero-order chi connectivity index (χ0) is 15.1. The van der Waals surface area contributed by atoms with Gasteiger partial charge in [0.25, 0.3) is 0 Å². The van der Waals surface area contributed by atoms with E-state index in [4.69, 9.17) is 4.74 Å². The maximum Gasteiger partial charge on any atom is 0.224 e. The zero-order valence-corrected chi connectivity index (χ0v) is 14.5. The lowest BCUT2D eigenvalue weighted by molar-refractivity contribution is 0.0439. The second-order valence-electron chi connectivity index (χ2n) is 5.37. The zero-order valence-electron chi connectivity index (χ0n) is 12.9. The number of halogens is 1. The molecule has 1 aliphatic heterocycles. The van der Waals surface area contributed by atoms with Crippen LogP contribution in [0.25, 0.3) is 0 Å². The van der Waals surface area contributed by atoms with E-state index in [-0.39, 0.29) is 0 Å². The Balaban J connectivity index is 2.05. The number of piperidine rings is 1. The number of hydrogen-bond acceptors (Lipinski definition) is 5. The first-order valence-corrected chi connectivity index (χ1v) is 8.66. The summed E-state index contributed by atoms with van der Waals surface area (Å²) in [6.45, 7) is 7.94. The average Bonchev–Trinajstić information content (AvgIpc) is 2.52. The fourth-order valence-corrected chi connectivity index (χ4v) is 2.89. The lowest BCUT2D eigenvalue weighted by Crippen LogP contribution is -2.40. The lowest BCUT2D eigenvalue weighted by Gasteiger charge is -2.34. The van der Waals surface area contributed by atoms with Gasteiger partial charge in [0.2, 0.25) is 5.95 Å². The van der Waals surface area contributed by atoms with E-state index < -0.39 is 0 Å². The molecule has 6 heteroatoms. The van der Waals surface area contributed by atoms with E-state index >= 15 is 0 Å². The van der Waals surface area contributed by atoms with Crippen LogP contribution < -0.4 is 10.2 Å². The molecule has 1 atom stereocenters. The van der Waals surface area contributed by atoms with Gasteiger partial charge in [0.05, 0.1) is 10.6 Å². The van der Waals surface area contributed by atoms with Crippen molar-refractivity contribution in [2.45, 2.75) is 45.6 Å². The normalized spacial score (nSPS) is 18.8. The van der Waals surface area contributed by atoms with Crippen LogP contribution in [0.5, 0.6) is 0 Å². The van der Waals surface area contributed by atoms with Gasteiger partial charge in [-0.1, -0.05) is 13.8 Å². The summed E-state index contributed by atoms with van der Waals surface area (Å²) in [4.78, 5) is 11.3. The van der Waals surface area contributed by atoms with Crippen LogP contribution in [0, 0.1) is 0 Å². The predicted octanol–water partition coefficient (Wildman–Crippen LogP) is 3.46. The first-order valence-electron chi connectivity index (χ1n) is 7.87. The third kappa shape index (κ3) is 4.81. The first-order chi connectivity index (χ1) is 10.2. The van der Waals surface area contributed by atoms with Crippen molar-refractivity contribution in [3.63, 3.8) is 0 Å². The topological polar surface area (TPSA) is 50.3 Å². The standard InChI is InChI=1S/C15H25BrN4O/c1-3-7-17-15-18-10-13(16)14(19-15)20-8-5-6-12(11-20)21-9-4-2/h10,12H,3-9,11H2,1-2H3,(H,17,18,19). The van der Waals surface area contributed by atoms with E-state index in [2.05, 4.69) is 50.0 Å². The highest BCUT2D eigenvalue weighted by atomic mass is 79.9. The molecule has 2 heterocycles. The second-order valence-corrected chi connectivity index (χ2v) is 6.23. The maximum absolute atomic E-state index is 5.90. The third-order valence-electron chi connectivity index (χ3n) is 3.49. The molecular weight excluding hydrogens is 332 g/mol. The third-order valence-corrected chi connectivity index (χ3v) is 4.05. The van der Waals surface area contributed by atoms with Crippen molar-refractivity contribution in [1.82, 2.24) is 9.97 Å². The summed E-state index contributed by atoms with van der Waals surface area (Å²) in [5.41, 5.74) is 0. The number of anilines is 2. The van der Waals surface area contributed by atoms with Crippen molar-refractivity contribution in [1.29, 1.82) is 0 Å². The maximum atomic E-state index is 5.90. The van der Waals surface area contributed by atoms with Crippen LogP contribution in [-0.2, 0) is 4.74 Å². The van der Waals surface area contributed by atoms with Gasteiger partial charge in [-0.05, 0) is 41.6 Å². The number of nitrogens with one attached hydrogen (secondary N) is 1.